The lowest BCUT2D eigenvalue weighted by Gasteiger charge is -2.27. The van der Waals surface area contributed by atoms with E-state index in [1.807, 2.05) is 0 Å². The van der Waals surface area contributed by atoms with Crippen LogP contribution in [0.5, 0.6) is 17.2 Å². The number of carboxylic acid groups (broad SMARTS) is 1. The van der Waals surface area contributed by atoms with Crippen LogP contribution in [0.4, 0.5) is 10.5 Å². The van der Waals surface area contributed by atoms with Crippen molar-refractivity contribution in [1.29, 1.82) is 0 Å². The Kier molecular flexibility index (Phi) is 8.59. The summed E-state index contributed by atoms with van der Waals surface area (Å²) in [6, 6.07) is 8.19. The van der Waals surface area contributed by atoms with Gasteiger partial charge in [0.25, 0.3) is 0 Å². The predicted molar refractivity (Wildman–Crippen MR) is 126 cm³/mol. The average Bonchev–Trinajstić information content (AvgIpc) is 3.23. The van der Waals surface area contributed by atoms with Crippen LogP contribution >= 0.6 is 31.9 Å². The summed E-state index contributed by atoms with van der Waals surface area (Å²) in [5.74, 6) is -0.0990. The number of fused-ring (bicyclic) bond motifs is 1. The molecule has 0 saturated carbocycles. The minimum atomic E-state index is -1.06. The summed E-state index contributed by atoms with van der Waals surface area (Å²) in [5, 5.41) is 22.0. The Balaban J connectivity index is 1.82. The molecule has 1 amide bonds. The molecule has 0 radical (unpaired) electrons. The van der Waals surface area contributed by atoms with Gasteiger partial charge in [0.1, 0.15) is 5.75 Å². The van der Waals surface area contributed by atoms with Crippen LogP contribution in [0.3, 0.4) is 0 Å². The molecule has 0 fully saturated rings. The fourth-order valence-electron chi connectivity index (χ4n) is 3.22. The number of phenols is 1. The maximum Gasteiger partial charge on any atom is 0.412 e. The third-order valence-corrected chi connectivity index (χ3v) is 5.80. The molecule has 1 aliphatic heterocycles. The number of methoxy groups -OCH3 is 1. The number of phenolic OH excluding ortho intramolecular Hbond substituents is 1. The van der Waals surface area contributed by atoms with Crippen LogP contribution in [0.2, 0.25) is 0 Å². The summed E-state index contributed by atoms with van der Waals surface area (Å²) < 4.78 is 22.9. The quantitative estimate of drug-likeness (QED) is 0.335. The highest BCUT2D eigenvalue weighted by Crippen LogP contribution is 2.40. The summed E-state index contributed by atoms with van der Waals surface area (Å²) in [6.45, 7) is 0.105. The molecular formula is C22H21Br2NO8. The molecule has 1 heterocycles. The molecule has 2 atom stereocenters. The summed E-state index contributed by atoms with van der Waals surface area (Å²) in [6.07, 6.45) is 0.721. The van der Waals surface area contributed by atoms with Gasteiger partial charge in [-0.05, 0) is 53.0 Å². The zero-order valence-electron chi connectivity index (χ0n) is 17.4. The predicted octanol–water partition coefficient (Wildman–Crippen LogP) is 5.37. The number of anilines is 1. The topological polar surface area (TPSA) is 124 Å². The van der Waals surface area contributed by atoms with Crippen LogP contribution in [-0.4, -0.2) is 42.3 Å². The number of amides is 1. The Labute approximate surface area is 206 Å². The van der Waals surface area contributed by atoms with E-state index in [-0.39, 0.29) is 12.5 Å². The second-order valence-corrected chi connectivity index (χ2v) is 8.71. The van der Waals surface area contributed by atoms with Crippen molar-refractivity contribution in [2.45, 2.75) is 25.0 Å². The molecule has 1 aliphatic rings. The first-order valence-corrected chi connectivity index (χ1v) is 11.3. The van der Waals surface area contributed by atoms with Crippen molar-refractivity contribution in [3.63, 3.8) is 0 Å². The standard InChI is InChI=1S/C22H21Br2NO8/c1-30-17(4-2-3-5-19(26)27)21(14-8-12(23)9-15(24)20(14)28)33-22(29)25-13-6-7-16-18(10-13)32-11-31-16/h3,5-10,17,21,28H,2,4,11H2,1H3,(H,25,29)(H,26,27)/b5-3+/t17-,21-/m1/s1. The molecular weight excluding hydrogens is 566 g/mol. The molecule has 3 rings (SSSR count). The van der Waals surface area contributed by atoms with Crippen molar-refractivity contribution in [2.24, 2.45) is 0 Å². The van der Waals surface area contributed by atoms with Crippen molar-refractivity contribution < 1.29 is 38.7 Å². The van der Waals surface area contributed by atoms with E-state index in [1.165, 1.54) is 13.2 Å². The van der Waals surface area contributed by atoms with Crippen LogP contribution in [-0.2, 0) is 14.3 Å². The molecule has 0 aliphatic carbocycles. The first kappa shape index (κ1) is 24.9. The summed E-state index contributed by atoms with van der Waals surface area (Å²) in [5.41, 5.74) is 0.743. The molecule has 3 N–H and O–H groups in total. The third-order valence-electron chi connectivity index (χ3n) is 4.74. The second-order valence-electron chi connectivity index (χ2n) is 6.94. The maximum atomic E-state index is 12.8. The number of hydrogen-bond acceptors (Lipinski definition) is 7. The van der Waals surface area contributed by atoms with Gasteiger partial charge in [-0.3, -0.25) is 5.32 Å². The van der Waals surface area contributed by atoms with E-state index in [4.69, 9.17) is 24.1 Å². The summed E-state index contributed by atoms with van der Waals surface area (Å²) in [4.78, 5) is 23.5. The van der Waals surface area contributed by atoms with Gasteiger partial charge < -0.3 is 29.2 Å². The molecule has 0 bridgehead atoms. The highest BCUT2D eigenvalue weighted by atomic mass is 79.9. The summed E-state index contributed by atoms with van der Waals surface area (Å²) >= 11 is 6.66. The molecule has 0 spiro atoms. The molecule has 9 nitrogen and oxygen atoms in total. The second kappa shape index (κ2) is 11.4. The Morgan fingerprint density at radius 2 is 1.97 bits per heavy atom. The Bertz CT molecular complexity index is 1060. The fourth-order valence-corrected chi connectivity index (χ4v) is 4.48. The molecule has 0 aromatic heterocycles. The van der Waals surface area contributed by atoms with E-state index >= 15 is 0 Å². The Morgan fingerprint density at radius 3 is 2.70 bits per heavy atom. The SMILES string of the molecule is CO[C@H](CC/C=C/C(=O)O)[C@H](OC(=O)Nc1ccc2c(c1)OCO2)c1cc(Br)cc(Br)c1O. The lowest BCUT2D eigenvalue weighted by molar-refractivity contribution is -0.131. The first-order valence-electron chi connectivity index (χ1n) is 9.76. The smallest absolute Gasteiger partial charge is 0.412 e. The number of ether oxygens (including phenoxy) is 4. The van der Waals surface area contributed by atoms with Crippen LogP contribution in [0.1, 0.15) is 24.5 Å². The molecule has 33 heavy (non-hydrogen) atoms. The van der Waals surface area contributed by atoms with Gasteiger partial charge in [-0.15, -0.1) is 0 Å². The van der Waals surface area contributed by atoms with Gasteiger partial charge in [0.15, 0.2) is 17.6 Å². The number of aromatic hydroxyl groups is 1. The summed E-state index contributed by atoms with van der Waals surface area (Å²) in [7, 11) is 1.45. The molecule has 0 saturated heterocycles. The Hall–Kier alpha value is -2.76. The zero-order chi connectivity index (χ0) is 24.0. The average molecular weight is 587 g/mol. The molecule has 176 valence electrons. The van der Waals surface area contributed by atoms with Crippen LogP contribution in [0, 0.1) is 0 Å². The van der Waals surface area contributed by atoms with Crippen molar-refractivity contribution >= 4 is 49.6 Å². The number of rotatable bonds is 9. The number of carbonyl (C=O) groups excluding carboxylic acids is 1. The minimum absolute atomic E-state index is 0.105. The van der Waals surface area contributed by atoms with Gasteiger partial charge in [0, 0.05) is 35.0 Å². The van der Waals surface area contributed by atoms with Crippen molar-refractivity contribution in [1.82, 2.24) is 0 Å². The number of hydrogen-bond donors (Lipinski definition) is 3. The lowest BCUT2D eigenvalue weighted by Crippen LogP contribution is -2.28. The number of halogens is 2. The number of carbonyl (C=O) groups is 2. The van der Waals surface area contributed by atoms with Crippen molar-refractivity contribution in [2.75, 3.05) is 19.2 Å². The number of benzene rings is 2. The fraction of sp³-hybridized carbons (Fsp3) is 0.273. The van der Waals surface area contributed by atoms with E-state index in [9.17, 15) is 14.7 Å². The number of carboxylic acids is 1. The van der Waals surface area contributed by atoms with E-state index in [0.717, 1.165) is 6.08 Å². The maximum absolute atomic E-state index is 12.8. The zero-order valence-corrected chi connectivity index (χ0v) is 20.6. The number of aliphatic carboxylic acids is 1. The molecule has 0 unspecified atom stereocenters. The molecule has 2 aromatic carbocycles. The van der Waals surface area contributed by atoms with E-state index < -0.39 is 24.3 Å². The molecule has 11 heteroatoms. The van der Waals surface area contributed by atoms with Gasteiger partial charge in [0.05, 0.1) is 10.6 Å². The largest absolute Gasteiger partial charge is 0.506 e. The van der Waals surface area contributed by atoms with Gasteiger partial charge in [-0.1, -0.05) is 22.0 Å². The van der Waals surface area contributed by atoms with Gasteiger partial charge in [0.2, 0.25) is 6.79 Å². The van der Waals surface area contributed by atoms with Crippen LogP contribution in [0.25, 0.3) is 0 Å². The van der Waals surface area contributed by atoms with Crippen molar-refractivity contribution in [3.8, 4) is 17.2 Å². The highest BCUT2D eigenvalue weighted by Gasteiger charge is 2.30. The van der Waals surface area contributed by atoms with Crippen LogP contribution < -0.4 is 14.8 Å². The monoisotopic (exact) mass is 585 g/mol. The van der Waals surface area contributed by atoms with E-state index in [1.54, 1.807) is 30.3 Å². The first-order chi connectivity index (χ1) is 15.8. The third kappa shape index (κ3) is 6.62. The number of allylic oxidation sites excluding steroid dienone is 1. The van der Waals surface area contributed by atoms with Gasteiger partial charge in [-0.25, -0.2) is 9.59 Å². The number of nitrogens with one attached hydrogen (secondary N) is 1. The van der Waals surface area contributed by atoms with Crippen molar-refractivity contribution in [3.05, 3.63) is 57.0 Å². The lowest BCUT2D eigenvalue weighted by atomic mass is 9.99. The Morgan fingerprint density at radius 1 is 1.21 bits per heavy atom. The molecule has 2 aromatic rings. The van der Waals surface area contributed by atoms with E-state index in [0.29, 0.717) is 44.5 Å². The highest BCUT2D eigenvalue weighted by molar-refractivity contribution is 9.11. The van der Waals surface area contributed by atoms with E-state index in [2.05, 4.69) is 37.2 Å². The van der Waals surface area contributed by atoms with Gasteiger partial charge in [-0.2, -0.15) is 0 Å². The van der Waals surface area contributed by atoms with Gasteiger partial charge >= 0.3 is 12.1 Å². The minimum Gasteiger partial charge on any atom is -0.506 e. The van der Waals surface area contributed by atoms with Crippen LogP contribution in [0.15, 0.2) is 51.4 Å². The normalized spacial score (nSPS) is 14.2.